The van der Waals surface area contributed by atoms with Crippen molar-refractivity contribution < 1.29 is 4.74 Å². The smallest absolute Gasteiger partial charge is 0.175 e. The van der Waals surface area contributed by atoms with Crippen molar-refractivity contribution in [3.8, 4) is 10.6 Å². The van der Waals surface area contributed by atoms with Crippen molar-refractivity contribution >= 4 is 37.2 Å². The van der Waals surface area contributed by atoms with E-state index in [9.17, 15) is 0 Å². The first-order valence-corrected chi connectivity index (χ1v) is 15.0. The van der Waals surface area contributed by atoms with Gasteiger partial charge in [-0.3, -0.25) is 0 Å². The van der Waals surface area contributed by atoms with E-state index in [1.807, 2.05) is 41.8 Å². The standard InChI is InChI=1S/C23H29N5OSSi/c1-17-7-6-8-23-25-21(26-28(17)23)11-12-22-24-19(20-10-9-18(2)30-20)15-27(22)16-29-13-14-31(3,4)5/h6-12,15H,13-14,16H2,1-5H3. The van der Waals surface area contributed by atoms with Gasteiger partial charge in [-0.05, 0) is 56.3 Å². The highest BCUT2D eigenvalue weighted by Crippen LogP contribution is 2.27. The first-order chi connectivity index (χ1) is 14.8. The summed E-state index contributed by atoms with van der Waals surface area (Å²) in [5.41, 5.74) is 2.86. The molecular weight excluding hydrogens is 422 g/mol. The minimum atomic E-state index is -1.12. The van der Waals surface area contributed by atoms with E-state index in [4.69, 9.17) is 9.72 Å². The summed E-state index contributed by atoms with van der Waals surface area (Å²) in [5, 5.41) is 4.58. The Morgan fingerprint density at radius 2 is 1.90 bits per heavy atom. The summed E-state index contributed by atoms with van der Waals surface area (Å²) in [6, 6.07) is 11.4. The second-order valence-corrected chi connectivity index (χ2v) is 15.9. The van der Waals surface area contributed by atoms with Crippen LogP contribution in [0, 0.1) is 13.8 Å². The SMILES string of the molecule is Cc1ccc(-c2cn(COCC[Si](C)(C)C)c(C=Cc3nc4cccc(C)n4n3)n2)s1. The van der Waals surface area contributed by atoms with E-state index in [2.05, 4.69) is 59.5 Å². The highest BCUT2D eigenvalue weighted by atomic mass is 32.1. The Hall–Kier alpha value is -2.55. The van der Waals surface area contributed by atoms with Gasteiger partial charge in [-0.15, -0.1) is 16.4 Å². The van der Waals surface area contributed by atoms with Crippen molar-refractivity contribution in [2.45, 2.75) is 46.3 Å². The third kappa shape index (κ3) is 5.39. The minimum absolute atomic E-state index is 0.485. The maximum Gasteiger partial charge on any atom is 0.175 e. The molecule has 0 saturated heterocycles. The van der Waals surface area contributed by atoms with Crippen LogP contribution in [0.5, 0.6) is 0 Å². The minimum Gasteiger partial charge on any atom is -0.361 e. The topological polar surface area (TPSA) is 57.2 Å². The molecule has 0 fully saturated rings. The largest absolute Gasteiger partial charge is 0.361 e. The van der Waals surface area contributed by atoms with Gasteiger partial charge in [-0.1, -0.05) is 25.7 Å². The first-order valence-electron chi connectivity index (χ1n) is 10.5. The van der Waals surface area contributed by atoms with Crippen molar-refractivity contribution in [3.05, 3.63) is 58.7 Å². The first kappa shape index (κ1) is 21.7. The van der Waals surface area contributed by atoms with Crippen LogP contribution >= 0.6 is 11.3 Å². The quantitative estimate of drug-likeness (QED) is 0.253. The third-order valence-corrected chi connectivity index (χ3v) is 7.70. The van der Waals surface area contributed by atoms with Crippen LogP contribution in [0.2, 0.25) is 25.7 Å². The number of rotatable bonds is 8. The Balaban J connectivity index is 1.58. The lowest BCUT2D eigenvalue weighted by Crippen LogP contribution is -2.22. The van der Waals surface area contributed by atoms with Gasteiger partial charge in [-0.25, -0.2) is 14.5 Å². The van der Waals surface area contributed by atoms with E-state index in [-0.39, 0.29) is 0 Å². The zero-order valence-corrected chi connectivity index (χ0v) is 20.6. The van der Waals surface area contributed by atoms with E-state index < -0.39 is 8.07 Å². The highest BCUT2D eigenvalue weighted by molar-refractivity contribution is 7.15. The van der Waals surface area contributed by atoms with Gasteiger partial charge in [0.05, 0.1) is 10.6 Å². The van der Waals surface area contributed by atoms with Crippen LogP contribution in [0.25, 0.3) is 28.4 Å². The van der Waals surface area contributed by atoms with Crippen LogP contribution < -0.4 is 0 Å². The van der Waals surface area contributed by atoms with Crippen LogP contribution in [0.3, 0.4) is 0 Å². The van der Waals surface area contributed by atoms with E-state index in [1.54, 1.807) is 11.3 Å². The molecule has 0 aliphatic rings. The van der Waals surface area contributed by atoms with Crippen molar-refractivity contribution in [1.29, 1.82) is 0 Å². The number of ether oxygens (including phenoxy) is 1. The van der Waals surface area contributed by atoms with Gasteiger partial charge in [0, 0.05) is 31.4 Å². The lowest BCUT2D eigenvalue weighted by molar-refractivity contribution is 0.0867. The molecule has 31 heavy (non-hydrogen) atoms. The molecule has 4 rings (SSSR count). The summed E-state index contributed by atoms with van der Waals surface area (Å²) < 4.78 is 9.91. The molecule has 4 heterocycles. The molecule has 0 radical (unpaired) electrons. The number of pyridine rings is 1. The summed E-state index contributed by atoms with van der Waals surface area (Å²) in [5.74, 6) is 1.50. The number of imidazole rings is 1. The van der Waals surface area contributed by atoms with E-state index in [0.717, 1.165) is 40.4 Å². The highest BCUT2D eigenvalue weighted by Gasteiger charge is 2.13. The Morgan fingerprint density at radius 1 is 1.06 bits per heavy atom. The molecule has 8 heteroatoms. The number of aromatic nitrogens is 5. The molecule has 0 unspecified atom stereocenters. The summed E-state index contributed by atoms with van der Waals surface area (Å²) in [4.78, 5) is 11.9. The molecule has 162 valence electrons. The molecule has 6 nitrogen and oxygen atoms in total. The van der Waals surface area contributed by atoms with Gasteiger partial charge in [0.2, 0.25) is 0 Å². The average Bonchev–Trinajstić information content (AvgIpc) is 3.41. The molecule has 0 atom stereocenters. The summed E-state index contributed by atoms with van der Waals surface area (Å²) in [7, 11) is -1.12. The Kier molecular flexibility index (Phi) is 6.22. The van der Waals surface area contributed by atoms with Gasteiger partial charge < -0.3 is 9.30 Å². The molecule has 0 N–H and O–H groups in total. The zero-order chi connectivity index (χ0) is 22.0. The molecule has 0 aliphatic heterocycles. The summed E-state index contributed by atoms with van der Waals surface area (Å²) in [6.45, 7) is 12.5. The fourth-order valence-electron chi connectivity index (χ4n) is 3.17. The molecular formula is C23H29N5OSSi. The second kappa shape index (κ2) is 8.90. The van der Waals surface area contributed by atoms with Crippen molar-refractivity contribution in [1.82, 2.24) is 24.1 Å². The van der Waals surface area contributed by atoms with Crippen molar-refractivity contribution in [2.24, 2.45) is 0 Å². The van der Waals surface area contributed by atoms with Crippen LogP contribution in [-0.2, 0) is 11.5 Å². The lowest BCUT2D eigenvalue weighted by atomic mass is 10.4. The summed E-state index contributed by atoms with van der Waals surface area (Å²) >= 11 is 1.75. The van der Waals surface area contributed by atoms with Crippen molar-refractivity contribution in [2.75, 3.05) is 6.61 Å². The number of fused-ring (bicyclic) bond motifs is 1. The monoisotopic (exact) mass is 451 g/mol. The van der Waals surface area contributed by atoms with Crippen molar-refractivity contribution in [3.63, 3.8) is 0 Å². The number of thiophene rings is 1. The molecule has 4 aromatic heterocycles. The van der Waals surface area contributed by atoms with Gasteiger partial charge >= 0.3 is 0 Å². The summed E-state index contributed by atoms with van der Waals surface area (Å²) in [6.07, 6.45) is 5.95. The number of aryl methyl sites for hydroxylation is 2. The molecule has 0 bridgehead atoms. The molecule has 4 aromatic rings. The average molecular weight is 452 g/mol. The fourth-order valence-corrected chi connectivity index (χ4v) is 4.75. The number of nitrogens with zero attached hydrogens (tertiary/aromatic N) is 5. The van der Waals surface area contributed by atoms with Crippen LogP contribution in [0.1, 0.15) is 22.2 Å². The third-order valence-electron chi connectivity index (χ3n) is 4.97. The van der Waals surface area contributed by atoms with Gasteiger partial charge in [-0.2, -0.15) is 0 Å². The van der Waals surface area contributed by atoms with E-state index in [0.29, 0.717) is 12.6 Å². The molecule has 0 spiro atoms. The number of hydrogen-bond acceptors (Lipinski definition) is 5. The van der Waals surface area contributed by atoms with Gasteiger partial charge in [0.25, 0.3) is 0 Å². The molecule has 0 amide bonds. The van der Waals surface area contributed by atoms with Crippen LogP contribution in [0.15, 0.2) is 36.5 Å². The molecule has 0 saturated carbocycles. The fraction of sp³-hybridized carbons (Fsp3) is 0.348. The second-order valence-electron chi connectivity index (χ2n) is 8.95. The Morgan fingerprint density at radius 3 is 2.61 bits per heavy atom. The maximum atomic E-state index is 6.00. The predicted molar refractivity (Wildman–Crippen MR) is 131 cm³/mol. The predicted octanol–water partition coefficient (Wildman–Crippen LogP) is 5.75. The van der Waals surface area contributed by atoms with Crippen LogP contribution in [-0.4, -0.2) is 38.8 Å². The molecule has 0 aliphatic carbocycles. The molecule has 0 aromatic carbocycles. The van der Waals surface area contributed by atoms with E-state index >= 15 is 0 Å². The Bertz CT molecular complexity index is 1210. The van der Waals surface area contributed by atoms with Crippen LogP contribution in [0.4, 0.5) is 0 Å². The maximum absolute atomic E-state index is 6.00. The zero-order valence-electron chi connectivity index (χ0n) is 18.8. The Labute approximate surface area is 188 Å². The lowest BCUT2D eigenvalue weighted by Gasteiger charge is -2.15. The normalized spacial score (nSPS) is 12.4. The van der Waals surface area contributed by atoms with Gasteiger partial charge in [0.15, 0.2) is 11.5 Å². The van der Waals surface area contributed by atoms with E-state index in [1.165, 1.54) is 4.88 Å². The van der Waals surface area contributed by atoms with Gasteiger partial charge in [0.1, 0.15) is 12.6 Å². The number of hydrogen-bond donors (Lipinski definition) is 0.